The molecule has 7 heteroatoms. The average molecular weight is 266 g/mol. The fraction of sp³-hybridized carbons (Fsp3) is 0.333. The molecule has 1 aromatic heterocycles. The smallest absolute Gasteiger partial charge is 0.337 e. The van der Waals surface area contributed by atoms with Crippen LogP contribution in [0.15, 0.2) is 12.3 Å². The number of aromatic nitrogens is 1. The van der Waals surface area contributed by atoms with Crippen molar-refractivity contribution in [1.82, 2.24) is 4.98 Å². The van der Waals surface area contributed by atoms with Crippen LogP contribution in [0.5, 0.6) is 0 Å². The summed E-state index contributed by atoms with van der Waals surface area (Å²) in [6.45, 7) is 0. The molecule has 0 aromatic carbocycles. The Bertz CT molecular complexity index is 379. The van der Waals surface area contributed by atoms with E-state index in [1.807, 2.05) is 0 Å². The van der Waals surface area contributed by atoms with Gasteiger partial charge in [-0.1, -0.05) is 23.2 Å². The lowest BCUT2D eigenvalue weighted by Gasteiger charge is -2.17. The summed E-state index contributed by atoms with van der Waals surface area (Å²) in [5, 5.41) is 19.1. The van der Waals surface area contributed by atoms with Crippen molar-refractivity contribution in [3.63, 3.8) is 0 Å². The van der Waals surface area contributed by atoms with Crippen molar-refractivity contribution >= 4 is 29.2 Å². The largest absolute Gasteiger partial charge is 0.467 e. The number of pyridine rings is 1. The molecule has 0 amide bonds. The van der Waals surface area contributed by atoms with Crippen LogP contribution < -0.4 is 0 Å². The maximum Gasteiger partial charge on any atom is 0.337 e. The molecule has 0 saturated carbocycles. The Balaban J connectivity index is 3.04. The van der Waals surface area contributed by atoms with Gasteiger partial charge in [0.2, 0.25) is 0 Å². The van der Waals surface area contributed by atoms with Gasteiger partial charge in [0.05, 0.1) is 12.1 Å². The number of aliphatic hydroxyl groups excluding tert-OH is 2. The Labute approximate surface area is 102 Å². The van der Waals surface area contributed by atoms with Crippen LogP contribution in [0.4, 0.5) is 0 Å². The van der Waals surface area contributed by atoms with Gasteiger partial charge in [-0.15, -0.1) is 0 Å². The van der Waals surface area contributed by atoms with Crippen LogP contribution in [0.2, 0.25) is 10.2 Å². The summed E-state index contributed by atoms with van der Waals surface area (Å²) < 4.78 is 4.28. The van der Waals surface area contributed by atoms with Gasteiger partial charge in [0, 0.05) is 11.8 Å². The van der Waals surface area contributed by atoms with Gasteiger partial charge in [-0.2, -0.15) is 0 Å². The number of ether oxygens (including phenoxy) is 1. The van der Waals surface area contributed by atoms with E-state index in [0.717, 1.165) is 7.11 Å². The van der Waals surface area contributed by atoms with Crippen molar-refractivity contribution in [3.8, 4) is 0 Å². The summed E-state index contributed by atoms with van der Waals surface area (Å²) in [7, 11) is 1.09. The van der Waals surface area contributed by atoms with Gasteiger partial charge >= 0.3 is 5.97 Å². The zero-order valence-corrected chi connectivity index (χ0v) is 9.74. The SMILES string of the molecule is COC(=O)C(O)C(O)c1c(Cl)ccnc1Cl. The molecule has 2 unspecified atom stereocenters. The molecule has 0 spiro atoms. The molecule has 1 rings (SSSR count). The van der Waals surface area contributed by atoms with E-state index in [4.69, 9.17) is 23.2 Å². The standard InChI is InChI=1S/C9H9Cl2NO4/c1-16-9(15)7(14)6(13)5-4(10)2-3-12-8(5)11/h2-3,6-7,13-14H,1H3. The first-order valence-electron chi connectivity index (χ1n) is 4.23. The van der Waals surface area contributed by atoms with E-state index in [9.17, 15) is 15.0 Å². The lowest BCUT2D eigenvalue weighted by atomic mass is 10.1. The number of halogens is 2. The van der Waals surface area contributed by atoms with E-state index in [2.05, 4.69) is 9.72 Å². The van der Waals surface area contributed by atoms with Gasteiger partial charge in [0.1, 0.15) is 11.3 Å². The lowest BCUT2D eigenvalue weighted by Crippen LogP contribution is -2.29. The van der Waals surface area contributed by atoms with Crippen LogP contribution in [0.25, 0.3) is 0 Å². The summed E-state index contributed by atoms with van der Waals surface area (Å²) in [5.74, 6) is -0.983. The summed E-state index contributed by atoms with van der Waals surface area (Å²) in [6, 6.07) is 1.38. The van der Waals surface area contributed by atoms with Crippen LogP contribution >= 0.6 is 23.2 Å². The van der Waals surface area contributed by atoms with Crippen LogP contribution in [-0.4, -0.2) is 34.4 Å². The number of carbonyl (C=O) groups is 1. The van der Waals surface area contributed by atoms with Gasteiger partial charge in [-0.25, -0.2) is 9.78 Å². The quantitative estimate of drug-likeness (QED) is 0.629. The zero-order valence-electron chi connectivity index (χ0n) is 8.22. The molecule has 0 aliphatic heterocycles. The first kappa shape index (κ1) is 13.2. The molecule has 2 atom stereocenters. The van der Waals surface area contributed by atoms with Crippen LogP contribution in [0.3, 0.4) is 0 Å². The minimum atomic E-state index is -1.76. The molecule has 0 fully saturated rings. The van der Waals surface area contributed by atoms with Crippen molar-refractivity contribution in [3.05, 3.63) is 28.0 Å². The maximum atomic E-state index is 11.0. The van der Waals surface area contributed by atoms with E-state index < -0.39 is 18.2 Å². The van der Waals surface area contributed by atoms with E-state index in [-0.39, 0.29) is 15.7 Å². The highest BCUT2D eigenvalue weighted by molar-refractivity contribution is 6.35. The molecule has 0 aliphatic carbocycles. The molecule has 1 heterocycles. The highest BCUT2D eigenvalue weighted by Gasteiger charge is 2.30. The Morgan fingerprint density at radius 1 is 1.50 bits per heavy atom. The second-order valence-electron chi connectivity index (χ2n) is 2.91. The molecule has 0 aliphatic rings. The van der Waals surface area contributed by atoms with E-state index in [1.54, 1.807) is 0 Å². The fourth-order valence-corrected chi connectivity index (χ4v) is 1.67. The third-order valence-corrected chi connectivity index (χ3v) is 2.56. The van der Waals surface area contributed by atoms with E-state index >= 15 is 0 Å². The highest BCUT2D eigenvalue weighted by Crippen LogP contribution is 2.30. The number of nitrogens with zero attached hydrogens (tertiary/aromatic N) is 1. The predicted molar refractivity (Wildman–Crippen MR) is 57.2 cm³/mol. The van der Waals surface area contributed by atoms with Crippen molar-refractivity contribution in [1.29, 1.82) is 0 Å². The van der Waals surface area contributed by atoms with Crippen LogP contribution in [0, 0.1) is 0 Å². The Hall–Kier alpha value is -0.880. The van der Waals surface area contributed by atoms with E-state index in [1.165, 1.54) is 12.3 Å². The van der Waals surface area contributed by atoms with Gasteiger partial charge in [0.15, 0.2) is 6.10 Å². The number of hydrogen-bond acceptors (Lipinski definition) is 5. The average Bonchev–Trinajstić information content (AvgIpc) is 2.26. The van der Waals surface area contributed by atoms with Gasteiger partial charge < -0.3 is 14.9 Å². The second-order valence-corrected chi connectivity index (χ2v) is 3.68. The number of methoxy groups -OCH3 is 1. The third-order valence-electron chi connectivity index (χ3n) is 1.93. The first-order valence-corrected chi connectivity index (χ1v) is 4.98. The summed E-state index contributed by atoms with van der Waals surface area (Å²) in [4.78, 5) is 14.7. The van der Waals surface area contributed by atoms with Crippen molar-refractivity contribution in [2.75, 3.05) is 7.11 Å². The molecule has 0 radical (unpaired) electrons. The molecule has 5 nitrogen and oxygen atoms in total. The summed E-state index contributed by atoms with van der Waals surface area (Å²) >= 11 is 11.5. The molecule has 88 valence electrons. The van der Waals surface area contributed by atoms with Crippen molar-refractivity contribution < 1.29 is 19.7 Å². The second kappa shape index (κ2) is 5.45. The molecule has 1 aromatic rings. The summed E-state index contributed by atoms with van der Waals surface area (Å²) in [6.07, 6.45) is -2.00. The van der Waals surface area contributed by atoms with Gasteiger partial charge in [0.25, 0.3) is 0 Å². The van der Waals surface area contributed by atoms with Crippen molar-refractivity contribution in [2.45, 2.75) is 12.2 Å². The van der Waals surface area contributed by atoms with Crippen LogP contribution in [0.1, 0.15) is 11.7 Å². The summed E-state index contributed by atoms with van der Waals surface area (Å²) in [5.41, 5.74) is -0.0104. The molecule has 16 heavy (non-hydrogen) atoms. The highest BCUT2D eigenvalue weighted by atomic mass is 35.5. The Kier molecular flexibility index (Phi) is 4.49. The number of rotatable bonds is 3. The van der Waals surface area contributed by atoms with Crippen molar-refractivity contribution in [2.24, 2.45) is 0 Å². The molecular weight excluding hydrogens is 257 g/mol. The maximum absolute atomic E-state index is 11.0. The number of carbonyl (C=O) groups excluding carboxylic acids is 1. The van der Waals surface area contributed by atoms with Crippen LogP contribution in [-0.2, 0) is 9.53 Å². The Morgan fingerprint density at radius 2 is 2.12 bits per heavy atom. The Morgan fingerprint density at radius 3 is 2.62 bits per heavy atom. The number of hydrogen-bond donors (Lipinski definition) is 2. The first-order chi connectivity index (χ1) is 7.49. The normalized spacial score (nSPS) is 14.3. The number of aliphatic hydroxyl groups is 2. The topological polar surface area (TPSA) is 79.7 Å². The molecule has 0 saturated heterocycles. The lowest BCUT2D eigenvalue weighted by molar-refractivity contribution is -0.156. The van der Waals surface area contributed by atoms with E-state index in [0.29, 0.717) is 0 Å². The van der Waals surface area contributed by atoms with Gasteiger partial charge in [-0.05, 0) is 6.07 Å². The fourth-order valence-electron chi connectivity index (χ4n) is 1.10. The molecule has 0 bridgehead atoms. The minimum absolute atomic E-state index is 0.0104. The van der Waals surface area contributed by atoms with Gasteiger partial charge in [-0.3, -0.25) is 0 Å². The monoisotopic (exact) mass is 265 g/mol. The minimum Gasteiger partial charge on any atom is -0.467 e. The predicted octanol–water partition coefficient (Wildman–Crippen LogP) is 0.956. The zero-order chi connectivity index (χ0) is 12.3. The third kappa shape index (κ3) is 2.62. The number of esters is 1. The molecular formula is C9H9Cl2NO4. The molecule has 2 N–H and O–H groups in total.